The lowest BCUT2D eigenvalue weighted by Gasteiger charge is -2.04. The van der Waals surface area contributed by atoms with Crippen molar-refractivity contribution in [1.29, 1.82) is 0 Å². The van der Waals surface area contributed by atoms with Crippen molar-refractivity contribution in [3.05, 3.63) is 0 Å². The Balaban J connectivity index is 2.69. The lowest BCUT2D eigenvalue weighted by atomic mass is 10.4. The normalized spacial score (nSPS) is 10.4. The summed E-state index contributed by atoms with van der Waals surface area (Å²) in [4.78, 5) is 0. The fourth-order valence-electron chi connectivity index (χ4n) is 0.869. The highest BCUT2D eigenvalue weighted by Crippen LogP contribution is 1.70. The van der Waals surface area contributed by atoms with E-state index >= 15 is 0 Å². The summed E-state index contributed by atoms with van der Waals surface area (Å²) in [5.74, 6) is 0. The summed E-state index contributed by atoms with van der Waals surface area (Å²) in [5.41, 5.74) is 0. The summed E-state index contributed by atoms with van der Waals surface area (Å²) in [5, 5.41) is 9.73. The molecule has 3 N–H and O–H groups in total. The maximum absolute atomic E-state index is 3.35. The molecule has 0 unspecified atom stereocenters. The fraction of sp³-hybridized carbons (Fsp3) is 1.00. The number of hydrogen-bond acceptors (Lipinski definition) is 3. The molecule has 0 heterocycles. The second-order valence-electron chi connectivity index (χ2n) is 2.56. The molecule has 11 heavy (non-hydrogen) atoms. The van der Waals surface area contributed by atoms with Gasteiger partial charge in [-0.2, -0.15) is 0 Å². The first-order valence-electron chi connectivity index (χ1n) is 4.47. The highest BCUT2D eigenvalue weighted by atomic mass is 14.9. The molecule has 0 aliphatic rings. The van der Waals surface area contributed by atoms with Crippen LogP contribution in [0.3, 0.4) is 0 Å². The van der Waals surface area contributed by atoms with Crippen molar-refractivity contribution < 1.29 is 0 Å². The Morgan fingerprint density at radius 2 is 1.64 bits per heavy atom. The number of hydrogen-bond donors (Lipinski definition) is 3. The van der Waals surface area contributed by atoms with E-state index in [-0.39, 0.29) is 0 Å². The third-order valence-electron chi connectivity index (χ3n) is 1.51. The van der Waals surface area contributed by atoms with Crippen LogP contribution < -0.4 is 16.0 Å². The summed E-state index contributed by atoms with van der Waals surface area (Å²) in [6.45, 7) is 7.58. The van der Waals surface area contributed by atoms with Gasteiger partial charge in [0.2, 0.25) is 0 Å². The van der Waals surface area contributed by atoms with Gasteiger partial charge in [0.1, 0.15) is 0 Å². The predicted octanol–water partition coefficient (Wildman–Crippen LogP) is -0.205. The quantitative estimate of drug-likeness (QED) is 0.429. The average Bonchev–Trinajstić information content (AvgIpc) is 2.03. The molecule has 0 aromatic heterocycles. The Labute approximate surface area is 69.9 Å². The Hall–Kier alpha value is -0.120. The van der Waals surface area contributed by atoms with Gasteiger partial charge in [0.05, 0.1) is 0 Å². The van der Waals surface area contributed by atoms with Crippen molar-refractivity contribution in [2.24, 2.45) is 0 Å². The first-order valence-corrected chi connectivity index (χ1v) is 4.47. The van der Waals surface area contributed by atoms with Crippen LogP contribution in [0.15, 0.2) is 0 Å². The molecule has 3 nitrogen and oxygen atoms in total. The minimum Gasteiger partial charge on any atom is -0.320 e. The van der Waals surface area contributed by atoms with Crippen LogP contribution in [-0.4, -0.2) is 39.8 Å². The molecule has 68 valence electrons. The molecule has 0 aromatic carbocycles. The fourth-order valence-corrected chi connectivity index (χ4v) is 0.869. The third-order valence-corrected chi connectivity index (χ3v) is 1.51. The van der Waals surface area contributed by atoms with Gasteiger partial charge >= 0.3 is 0 Å². The zero-order chi connectivity index (χ0) is 8.36. The largest absolute Gasteiger partial charge is 0.320 e. The average molecular weight is 159 g/mol. The van der Waals surface area contributed by atoms with Gasteiger partial charge < -0.3 is 16.0 Å². The van der Waals surface area contributed by atoms with Gasteiger partial charge in [0, 0.05) is 13.1 Å². The van der Waals surface area contributed by atoms with Crippen LogP contribution in [0.25, 0.3) is 0 Å². The standard InChI is InChI=1S/C8H21N3/c1-3-10-7-8-11-6-4-5-9-2/h9-11H,3-8H2,1-2H3. The van der Waals surface area contributed by atoms with Crippen molar-refractivity contribution >= 4 is 0 Å². The lowest BCUT2D eigenvalue weighted by Crippen LogP contribution is -2.28. The van der Waals surface area contributed by atoms with Crippen LogP contribution in [0.4, 0.5) is 0 Å². The lowest BCUT2D eigenvalue weighted by molar-refractivity contribution is 0.595. The summed E-state index contributed by atoms with van der Waals surface area (Å²) >= 11 is 0. The van der Waals surface area contributed by atoms with Crippen LogP contribution in [0.1, 0.15) is 13.3 Å². The summed E-state index contributed by atoms with van der Waals surface area (Å²) < 4.78 is 0. The highest BCUT2D eigenvalue weighted by molar-refractivity contribution is 4.51. The molecule has 0 aromatic rings. The summed E-state index contributed by atoms with van der Waals surface area (Å²) in [6.07, 6.45) is 1.21. The number of nitrogens with one attached hydrogen (secondary N) is 3. The molecular weight excluding hydrogens is 138 g/mol. The molecule has 0 aliphatic heterocycles. The van der Waals surface area contributed by atoms with Crippen LogP contribution >= 0.6 is 0 Å². The van der Waals surface area contributed by atoms with Gasteiger partial charge in [-0.05, 0) is 33.1 Å². The monoisotopic (exact) mass is 159 g/mol. The van der Waals surface area contributed by atoms with E-state index in [1.54, 1.807) is 0 Å². The van der Waals surface area contributed by atoms with Crippen LogP contribution in [0, 0.1) is 0 Å². The molecule has 0 spiro atoms. The Bertz CT molecular complexity index is 58.4. The maximum Gasteiger partial charge on any atom is 0.00767 e. The SMILES string of the molecule is CCNCCNCCCNC. The predicted molar refractivity (Wildman–Crippen MR) is 50.0 cm³/mol. The Morgan fingerprint density at radius 3 is 2.27 bits per heavy atom. The van der Waals surface area contributed by atoms with E-state index in [2.05, 4.69) is 22.9 Å². The second-order valence-corrected chi connectivity index (χ2v) is 2.56. The number of likely N-dealkylation sites (N-methyl/N-ethyl adjacent to an activating group) is 1. The zero-order valence-electron chi connectivity index (χ0n) is 7.74. The minimum absolute atomic E-state index is 1.07. The number of rotatable bonds is 8. The molecule has 0 saturated heterocycles. The minimum atomic E-state index is 1.07. The molecule has 0 amide bonds. The van der Waals surface area contributed by atoms with Gasteiger partial charge in [-0.3, -0.25) is 0 Å². The van der Waals surface area contributed by atoms with E-state index in [1.807, 2.05) is 7.05 Å². The molecule has 3 heteroatoms. The molecule has 0 saturated carbocycles. The van der Waals surface area contributed by atoms with E-state index in [4.69, 9.17) is 0 Å². The molecular formula is C8H21N3. The molecule has 0 rings (SSSR count). The van der Waals surface area contributed by atoms with E-state index in [9.17, 15) is 0 Å². The van der Waals surface area contributed by atoms with Gasteiger partial charge in [0.15, 0.2) is 0 Å². The Morgan fingerprint density at radius 1 is 0.909 bits per heavy atom. The first kappa shape index (κ1) is 10.9. The summed E-state index contributed by atoms with van der Waals surface area (Å²) in [7, 11) is 1.98. The molecule has 0 fully saturated rings. The highest BCUT2D eigenvalue weighted by Gasteiger charge is 1.85. The van der Waals surface area contributed by atoms with E-state index < -0.39 is 0 Å². The van der Waals surface area contributed by atoms with Crippen LogP contribution in [0.5, 0.6) is 0 Å². The molecule has 0 aliphatic carbocycles. The van der Waals surface area contributed by atoms with E-state index in [0.717, 1.165) is 32.7 Å². The van der Waals surface area contributed by atoms with Crippen LogP contribution in [0.2, 0.25) is 0 Å². The smallest absolute Gasteiger partial charge is 0.00767 e. The van der Waals surface area contributed by atoms with Gasteiger partial charge in [-0.1, -0.05) is 6.92 Å². The maximum atomic E-state index is 3.35. The van der Waals surface area contributed by atoms with E-state index in [0.29, 0.717) is 0 Å². The molecule has 0 bridgehead atoms. The summed E-state index contributed by atoms with van der Waals surface area (Å²) in [6, 6.07) is 0. The van der Waals surface area contributed by atoms with Crippen molar-refractivity contribution in [2.45, 2.75) is 13.3 Å². The van der Waals surface area contributed by atoms with Gasteiger partial charge in [-0.15, -0.1) is 0 Å². The van der Waals surface area contributed by atoms with Crippen molar-refractivity contribution in [3.63, 3.8) is 0 Å². The van der Waals surface area contributed by atoms with Crippen molar-refractivity contribution in [3.8, 4) is 0 Å². The topological polar surface area (TPSA) is 36.1 Å². The second kappa shape index (κ2) is 9.88. The van der Waals surface area contributed by atoms with Crippen molar-refractivity contribution in [2.75, 3.05) is 39.8 Å². The zero-order valence-corrected chi connectivity index (χ0v) is 7.74. The van der Waals surface area contributed by atoms with Crippen molar-refractivity contribution in [1.82, 2.24) is 16.0 Å². The van der Waals surface area contributed by atoms with Gasteiger partial charge in [-0.25, -0.2) is 0 Å². The third kappa shape index (κ3) is 9.88. The molecule has 0 atom stereocenters. The first-order chi connectivity index (χ1) is 5.41. The van der Waals surface area contributed by atoms with E-state index in [1.165, 1.54) is 6.42 Å². The van der Waals surface area contributed by atoms with Gasteiger partial charge in [0.25, 0.3) is 0 Å². The Kier molecular flexibility index (Phi) is 9.77. The van der Waals surface area contributed by atoms with Crippen LogP contribution in [-0.2, 0) is 0 Å². The molecule has 0 radical (unpaired) electrons.